The van der Waals surface area contributed by atoms with Crippen LogP contribution in [-0.4, -0.2) is 35.0 Å². The number of hydrogen-bond donors (Lipinski definition) is 1. The van der Waals surface area contributed by atoms with Gasteiger partial charge in [0.15, 0.2) is 0 Å². The van der Waals surface area contributed by atoms with Crippen LogP contribution in [0.5, 0.6) is 0 Å². The highest BCUT2D eigenvalue weighted by atomic mass is 19.4. The Labute approximate surface area is 142 Å². The highest BCUT2D eigenvalue weighted by Crippen LogP contribution is 2.29. The quantitative estimate of drug-likeness (QED) is 0.925. The largest absolute Gasteiger partial charge is 0.417 e. The van der Waals surface area contributed by atoms with E-state index in [1.54, 1.807) is 18.3 Å². The van der Waals surface area contributed by atoms with E-state index in [4.69, 9.17) is 0 Å². The first kappa shape index (κ1) is 17.2. The first-order valence-corrected chi connectivity index (χ1v) is 7.92. The molecular formula is C17H17F3N4O. The molecule has 1 N–H and O–H groups in total. The number of nitrogens with one attached hydrogen (secondary N) is 1. The van der Waals surface area contributed by atoms with E-state index in [0.29, 0.717) is 37.3 Å². The van der Waals surface area contributed by atoms with E-state index in [1.807, 2.05) is 4.90 Å². The van der Waals surface area contributed by atoms with Crippen LogP contribution in [-0.2, 0) is 6.18 Å². The van der Waals surface area contributed by atoms with Gasteiger partial charge < -0.3 is 10.2 Å². The number of amides is 1. The molecule has 3 heterocycles. The van der Waals surface area contributed by atoms with Crippen molar-refractivity contribution in [2.75, 3.05) is 18.0 Å². The fraction of sp³-hybridized carbons (Fsp3) is 0.353. The third-order valence-electron chi connectivity index (χ3n) is 4.15. The topological polar surface area (TPSA) is 58.1 Å². The van der Waals surface area contributed by atoms with Gasteiger partial charge in [-0.15, -0.1) is 0 Å². The predicted octanol–water partition coefficient (Wildman–Crippen LogP) is 2.89. The molecule has 0 aromatic carbocycles. The van der Waals surface area contributed by atoms with Crippen molar-refractivity contribution in [2.24, 2.45) is 0 Å². The van der Waals surface area contributed by atoms with Crippen LogP contribution >= 0.6 is 0 Å². The fourth-order valence-electron chi connectivity index (χ4n) is 2.76. The van der Waals surface area contributed by atoms with E-state index in [0.717, 1.165) is 12.3 Å². The Balaban J connectivity index is 1.54. The highest BCUT2D eigenvalue weighted by molar-refractivity contribution is 5.94. The lowest BCUT2D eigenvalue weighted by Crippen LogP contribution is -2.45. The van der Waals surface area contributed by atoms with Crippen molar-refractivity contribution >= 4 is 11.7 Å². The van der Waals surface area contributed by atoms with Crippen molar-refractivity contribution in [1.82, 2.24) is 15.3 Å². The Morgan fingerprint density at radius 3 is 2.48 bits per heavy atom. The monoisotopic (exact) mass is 350 g/mol. The molecule has 1 fully saturated rings. The molecule has 1 aliphatic rings. The molecule has 0 aliphatic carbocycles. The maximum absolute atomic E-state index is 12.6. The SMILES string of the molecule is O=C(NC1CCN(c2ccc(C(F)(F)F)cn2)CC1)c1cccnc1. The lowest BCUT2D eigenvalue weighted by molar-refractivity contribution is -0.137. The molecular weight excluding hydrogens is 333 g/mol. The van der Waals surface area contributed by atoms with Crippen LogP contribution in [0.4, 0.5) is 19.0 Å². The predicted molar refractivity (Wildman–Crippen MR) is 86.2 cm³/mol. The van der Waals surface area contributed by atoms with Gasteiger partial charge in [-0.2, -0.15) is 13.2 Å². The summed E-state index contributed by atoms with van der Waals surface area (Å²) in [7, 11) is 0. The average molecular weight is 350 g/mol. The molecule has 1 saturated heterocycles. The Kier molecular flexibility index (Phi) is 4.87. The number of hydrogen-bond acceptors (Lipinski definition) is 4. The van der Waals surface area contributed by atoms with E-state index in [1.165, 1.54) is 12.3 Å². The number of piperidine rings is 1. The molecule has 0 spiro atoms. The van der Waals surface area contributed by atoms with Gasteiger partial charge >= 0.3 is 6.18 Å². The maximum Gasteiger partial charge on any atom is 0.417 e. The minimum Gasteiger partial charge on any atom is -0.356 e. The van der Waals surface area contributed by atoms with Crippen molar-refractivity contribution < 1.29 is 18.0 Å². The van der Waals surface area contributed by atoms with Gasteiger partial charge in [-0.3, -0.25) is 9.78 Å². The van der Waals surface area contributed by atoms with Crippen LogP contribution in [0.2, 0.25) is 0 Å². The molecule has 0 unspecified atom stereocenters. The van der Waals surface area contributed by atoms with Gasteiger partial charge in [0, 0.05) is 37.7 Å². The first-order chi connectivity index (χ1) is 11.9. The number of alkyl halides is 3. The van der Waals surface area contributed by atoms with E-state index in [-0.39, 0.29) is 11.9 Å². The van der Waals surface area contributed by atoms with E-state index in [9.17, 15) is 18.0 Å². The number of carbonyl (C=O) groups is 1. The number of anilines is 1. The summed E-state index contributed by atoms with van der Waals surface area (Å²) in [5.41, 5.74) is -0.246. The summed E-state index contributed by atoms with van der Waals surface area (Å²) in [5.74, 6) is 0.351. The lowest BCUT2D eigenvalue weighted by atomic mass is 10.0. The van der Waals surface area contributed by atoms with E-state index >= 15 is 0 Å². The molecule has 2 aromatic heterocycles. The minimum absolute atomic E-state index is 0.0263. The molecule has 0 saturated carbocycles. The number of halogens is 3. The third-order valence-corrected chi connectivity index (χ3v) is 4.15. The van der Waals surface area contributed by atoms with Crippen LogP contribution in [0, 0.1) is 0 Å². The van der Waals surface area contributed by atoms with Crippen LogP contribution in [0.1, 0.15) is 28.8 Å². The van der Waals surface area contributed by atoms with Crippen LogP contribution in [0.3, 0.4) is 0 Å². The second-order valence-electron chi connectivity index (χ2n) is 5.88. The van der Waals surface area contributed by atoms with Gasteiger partial charge in [-0.05, 0) is 37.1 Å². The Bertz CT molecular complexity index is 711. The molecule has 0 bridgehead atoms. The van der Waals surface area contributed by atoms with Crippen LogP contribution < -0.4 is 10.2 Å². The van der Waals surface area contributed by atoms with Crippen molar-refractivity contribution in [1.29, 1.82) is 0 Å². The van der Waals surface area contributed by atoms with E-state index < -0.39 is 11.7 Å². The number of aromatic nitrogens is 2. The van der Waals surface area contributed by atoms with Crippen molar-refractivity contribution in [3.8, 4) is 0 Å². The van der Waals surface area contributed by atoms with Gasteiger partial charge in [0.05, 0.1) is 11.1 Å². The summed E-state index contributed by atoms with van der Waals surface area (Å²) in [4.78, 5) is 21.9. The van der Waals surface area contributed by atoms with Crippen molar-refractivity contribution in [2.45, 2.75) is 25.1 Å². The molecule has 0 radical (unpaired) electrons. The highest BCUT2D eigenvalue weighted by Gasteiger charge is 2.31. The lowest BCUT2D eigenvalue weighted by Gasteiger charge is -2.33. The minimum atomic E-state index is -4.38. The zero-order valence-corrected chi connectivity index (χ0v) is 13.3. The van der Waals surface area contributed by atoms with Crippen LogP contribution in [0.15, 0.2) is 42.9 Å². The summed E-state index contributed by atoms with van der Waals surface area (Å²) >= 11 is 0. The summed E-state index contributed by atoms with van der Waals surface area (Å²) < 4.78 is 37.7. The Hall–Kier alpha value is -2.64. The van der Waals surface area contributed by atoms with Gasteiger partial charge in [0.25, 0.3) is 5.91 Å². The smallest absolute Gasteiger partial charge is 0.356 e. The summed E-state index contributed by atoms with van der Waals surface area (Å²) in [6.07, 6.45) is 0.993. The summed E-state index contributed by atoms with van der Waals surface area (Å²) in [6.45, 7) is 1.24. The average Bonchev–Trinajstić information content (AvgIpc) is 2.62. The normalized spacial score (nSPS) is 15.9. The maximum atomic E-state index is 12.6. The first-order valence-electron chi connectivity index (χ1n) is 7.92. The third kappa shape index (κ3) is 4.26. The van der Waals surface area contributed by atoms with E-state index in [2.05, 4.69) is 15.3 Å². The Morgan fingerprint density at radius 2 is 1.92 bits per heavy atom. The second kappa shape index (κ2) is 7.08. The number of carbonyl (C=O) groups excluding carboxylic acids is 1. The molecule has 0 atom stereocenters. The Morgan fingerprint density at radius 1 is 1.16 bits per heavy atom. The van der Waals surface area contributed by atoms with Gasteiger partial charge in [-0.1, -0.05) is 0 Å². The number of rotatable bonds is 3. The summed E-state index contributed by atoms with van der Waals surface area (Å²) in [5, 5.41) is 2.96. The molecule has 3 rings (SSSR count). The zero-order chi connectivity index (χ0) is 17.9. The van der Waals surface area contributed by atoms with Crippen molar-refractivity contribution in [3.05, 3.63) is 54.0 Å². The standard InChI is InChI=1S/C17H17F3N4O/c18-17(19,20)13-3-4-15(22-11-13)24-8-5-14(6-9-24)23-16(25)12-2-1-7-21-10-12/h1-4,7,10-11,14H,5-6,8-9H2,(H,23,25). The molecule has 2 aromatic rings. The van der Waals surface area contributed by atoms with Gasteiger partial charge in [0.1, 0.15) is 5.82 Å². The molecule has 1 amide bonds. The van der Waals surface area contributed by atoms with Crippen molar-refractivity contribution in [3.63, 3.8) is 0 Å². The van der Waals surface area contributed by atoms with Gasteiger partial charge in [0.2, 0.25) is 0 Å². The molecule has 132 valence electrons. The van der Waals surface area contributed by atoms with Gasteiger partial charge in [-0.25, -0.2) is 4.98 Å². The molecule has 5 nitrogen and oxygen atoms in total. The number of nitrogens with zero attached hydrogens (tertiary/aromatic N) is 3. The van der Waals surface area contributed by atoms with Crippen LogP contribution in [0.25, 0.3) is 0 Å². The second-order valence-corrected chi connectivity index (χ2v) is 5.88. The fourth-order valence-corrected chi connectivity index (χ4v) is 2.76. The molecule has 25 heavy (non-hydrogen) atoms. The molecule has 1 aliphatic heterocycles. The number of pyridine rings is 2. The molecule has 8 heteroatoms. The zero-order valence-electron chi connectivity index (χ0n) is 13.3. The summed E-state index contributed by atoms with van der Waals surface area (Å²) in [6, 6.07) is 5.85.